The highest BCUT2D eigenvalue weighted by atomic mass is 16.3. The molecule has 1 heterocycles. The maximum absolute atomic E-state index is 10.2. The van der Waals surface area contributed by atoms with Crippen LogP contribution in [0.2, 0.25) is 0 Å². The molecule has 0 spiro atoms. The maximum atomic E-state index is 10.2. The fourth-order valence-electron chi connectivity index (χ4n) is 3.44. The smallest absolute Gasteiger partial charge is 0.127 e. The molecule has 0 radical (unpaired) electrons. The number of allylic oxidation sites excluding steroid dienone is 1. The van der Waals surface area contributed by atoms with Gasteiger partial charge >= 0.3 is 0 Å². The molecule has 1 fully saturated rings. The highest BCUT2D eigenvalue weighted by Crippen LogP contribution is 2.21. The van der Waals surface area contributed by atoms with Gasteiger partial charge in [-0.2, -0.15) is 5.10 Å². The number of aromatic hydroxyl groups is 1. The molecule has 0 aliphatic carbocycles. The van der Waals surface area contributed by atoms with Crippen molar-refractivity contribution in [1.29, 1.82) is 0 Å². The van der Waals surface area contributed by atoms with E-state index in [4.69, 9.17) is 0 Å². The van der Waals surface area contributed by atoms with E-state index in [9.17, 15) is 5.11 Å². The molecule has 1 aliphatic heterocycles. The maximum Gasteiger partial charge on any atom is 0.127 e. The molecule has 0 saturated carbocycles. The van der Waals surface area contributed by atoms with Gasteiger partial charge in [-0.15, -0.1) is 6.58 Å². The van der Waals surface area contributed by atoms with Crippen molar-refractivity contribution in [2.45, 2.75) is 13.0 Å². The van der Waals surface area contributed by atoms with Crippen molar-refractivity contribution in [1.82, 2.24) is 15.2 Å². The minimum absolute atomic E-state index is 0.280. The molecule has 28 heavy (non-hydrogen) atoms. The van der Waals surface area contributed by atoms with Crippen molar-refractivity contribution in [2.75, 3.05) is 39.3 Å². The van der Waals surface area contributed by atoms with Crippen molar-refractivity contribution in [3.05, 3.63) is 77.9 Å². The number of nitrogens with zero attached hydrogens (tertiary/aromatic N) is 3. The van der Waals surface area contributed by atoms with Crippen LogP contribution < -0.4 is 5.43 Å². The predicted molar refractivity (Wildman–Crippen MR) is 116 cm³/mol. The number of benzene rings is 2. The first-order valence-corrected chi connectivity index (χ1v) is 9.92. The number of hydrogen-bond donors (Lipinski definition) is 2. The fraction of sp³-hybridized carbons (Fsp3) is 0.348. The van der Waals surface area contributed by atoms with Crippen molar-refractivity contribution in [2.24, 2.45) is 5.10 Å². The van der Waals surface area contributed by atoms with E-state index in [1.807, 2.05) is 18.2 Å². The third kappa shape index (κ3) is 5.94. The van der Waals surface area contributed by atoms with Crippen LogP contribution in [0.3, 0.4) is 0 Å². The third-order valence-electron chi connectivity index (χ3n) is 5.06. The fourth-order valence-corrected chi connectivity index (χ4v) is 3.44. The molecule has 148 valence electrons. The van der Waals surface area contributed by atoms with E-state index in [0.29, 0.717) is 6.42 Å². The van der Waals surface area contributed by atoms with E-state index in [2.05, 4.69) is 57.2 Å². The Morgan fingerprint density at radius 1 is 1.00 bits per heavy atom. The Morgan fingerprint density at radius 2 is 1.75 bits per heavy atom. The van der Waals surface area contributed by atoms with Gasteiger partial charge in [0.25, 0.3) is 0 Å². The van der Waals surface area contributed by atoms with Crippen LogP contribution in [0.25, 0.3) is 0 Å². The average molecular weight is 379 g/mol. The second-order valence-corrected chi connectivity index (χ2v) is 7.12. The van der Waals surface area contributed by atoms with E-state index in [1.165, 1.54) is 5.56 Å². The van der Waals surface area contributed by atoms with Crippen LogP contribution in [0.5, 0.6) is 5.75 Å². The van der Waals surface area contributed by atoms with Gasteiger partial charge in [-0.3, -0.25) is 9.80 Å². The molecular formula is C23H30N4O. The van der Waals surface area contributed by atoms with Gasteiger partial charge in [-0.05, 0) is 23.6 Å². The molecule has 2 N–H and O–H groups in total. The first-order chi connectivity index (χ1) is 13.8. The van der Waals surface area contributed by atoms with Gasteiger partial charge < -0.3 is 10.5 Å². The van der Waals surface area contributed by atoms with Crippen molar-refractivity contribution < 1.29 is 5.11 Å². The number of hydrogen-bond acceptors (Lipinski definition) is 5. The molecule has 2 aromatic carbocycles. The largest absolute Gasteiger partial charge is 0.507 e. The Morgan fingerprint density at radius 3 is 2.50 bits per heavy atom. The number of rotatable bonds is 9. The lowest BCUT2D eigenvalue weighted by molar-refractivity contribution is 0.128. The molecule has 0 bridgehead atoms. The quantitative estimate of drug-likeness (QED) is 0.305. The molecule has 5 heteroatoms. The van der Waals surface area contributed by atoms with Crippen LogP contribution in [-0.2, 0) is 13.0 Å². The molecular weight excluding hydrogens is 348 g/mol. The van der Waals surface area contributed by atoms with Crippen molar-refractivity contribution in [3.8, 4) is 5.75 Å². The van der Waals surface area contributed by atoms with E-state index in [-0.39, 0.29) is 5.75 Å². The van der Waals surface area contributed by atoms with Gasteiger partial charge in [0.15, 0.2) is 0 Å². The first-order valence-electron chi connectivity index (χ1n) is 9.92. The minimum Gasteiger partial charge on any atom is -0.507 e. The average Bonchev–Trinajstić information content (AvgIpc) is 2.72. The zero-order valence-corrected chi connectivity index (χ0v) is 16.4. The summed E-state index contributed by atoms with van der Waals surface area (Å²) in [5, 5.41) is 14.5. The van der Waals surface area contributed by atoms with E-state index in [1.54, 1.807) is 12.3 Å². The number of phenols is 1. The molecule has 0 aromatic heterocycles. The van der Waals surface area contributed by atoms with Gasteiger partial charge in [0.2, 0.25) is 0 Å². The molecule has 3 rings (SSSR count). The molecule has 5 nitrogen and oxygen atoms in total. The summed E-state index contributed by atoms with van der Waals surface area (Å²) in [7, 11) is 0. The van der Waals surface area contributed by atoms with Crippen molar-refractivity contribution in [3.63, 3.8) is 0 Å². The molecule has 2 aromatic rings. The van der Waals surface area contributed by atoms with Gasteiger partial charge in [-0.1, -0.05) is 48.5 Å². The van der Waals surface area contributed by atoms with Crippen LogP contribution in [-0.4, -0.2) is 60.4 Å². The molecule has 1 saturated heterocycles. The lowest BCUT2D eigenvalue weighted by Crippen LogP contribution is -2.47. The molecule has 0 unspecified atom stereocenters. The summed E-state index contributed by atoms with van der Waals surface area (Å²) in [4.78, 5) is 4.97. The predicted octanol–water partition coefficient (Wildman–Crippen LogP) is 2.86. The highest BCUT2D eigenvalue weighted by Gasteiger charge is 2.16. The summed E-state index contributed by atoms with van der Waals surface area (Å²) in [5.74, 6) is 0.280. The Bertz CT molecular complexity index is 767. The summed E-state index contributed by atoms with van der Waals surface area (Å²) in [5.41, 5.74) is 6.07. The summed E-state index contributed by atoms with van der Waals surface area (Å²) in [6.07, 6.45) is 4.12. The zero-order valence-electron chi connectivity index (χ0n) is 16.4. The lowest BCUT2D eigenvalue weighted by Gasteiger charge is -2.34. The minimum atomic E-state index is 0.280. The highest BCUT2D eigenvalue weighted by molar-refractivity contribution is 5.83. The van der Waals surface area contributed by atoms with Crippen LogP contribution in [0, 0.1) is 0 Å². The summed E-state index contributed by atoms with van der Waals surface area (Å²) in [6, 6.07) is 16.3. The van der Waals surface area contributed by atoms with Gasteiger partial charge in [0.1, 0.15) is 5.75 Å². The van der Waals surface area contributed by atoms with Crippen LogP contribution in [0.15, 0.2) is 66.3 Å². The van der Waals surface area contributed by atoms with Crippen molar-refractivity contribution >= 4 is 6.21 Å². The van der Waals surface area contributed by atoms with E-state index in [0.717, 1.165) is 56.9 Å². The Hall–Kier alpha value is -2.63. The van der Waals surface area contributed by atoms with Gasteiger partial charge in [0, 0.05) is 51.4 Å². The summed E-state index contributed by atoms with van der Waals surface area (Å²) in [6.45, 7) is 10.9. The van der Waals surface area contributed by atoms with Gasteiger partial charge in [0.05, 0.1) is 6.21 Å². The number of piperazine rings is 1. The van der Waals surface area contributed by atoms with E-state index >= 15 is 0 Å². The topological polar surface area (TPSA) is 51.1 Å². The summed E-state index contributed by atoms with van der Waals surface area (Å²) >= 11 is 0. The van der Waals surface area contributed by atoms with Crippen LogP contribution >= 0.6 is 0 Å². The van der Waals surface area contributed by atoms with E-state index < -0.39 is 0 Å². The number of nitrogens with one attached hydrogen (secondary N) is 1. The second-order valence-electron chi connectivity index (χ2n) is 7.12. The Balaban J connectivity index is 1.36. The molecule has 1 aliphatic rings. The number of para-hydroxylation sites is 1. The van der Waals surface area contributed by atoms with Crippen LogP contribution in [0.4, 0.5) is 0 Å². The Labute approximate surface area is 168 Å². The molecule has 0 amide bonds. The second kappa shape index (κ2) is 10.6. The third-order valence-corrected chi connectivity index (χ3v) is 5.06. The van der Waals surface area contributed by atoms with Gasteiger partial charge in [-0.25, -0.2) is 0 Å². The normalized spacial score (nSPS) is 15.7. The SMILES string of the molecule is C=CCc1cccc(/C=N\NCCN2CCN(Cc3ccccc3)CC2)c1O. The monoisotopic (exact) mass is 378 g/mol. The number of phenolic OH excluding ortho intramolecular Hbond substituents is 1. The first kappa shape index (κ1) is 20.1. The van der Waals surface area contributed by atoms with Crippen LogP contribution in [0.1, 0.15) is 16.7 Å². The lowest BCUT2D eigenvalue weighted by atomic mass is 10.1. The summed E-state index contributed by atoms with van der Waals surface area (Å²) < 4.78 is 0. The number of hydrazone groups is 1. The Kier molecular flexibility index (Phi) is 7.64. The molecule has 0 atom stereocenters. The standard InChI is InChI=1S/C23H30N4O/c1-2-7-21-10-6-11-22(23(21)28)18-25-24-12-13-26-14-16-27(17-15-26)19-20-8-4-3-5-9-20/h2-6,8-11,18,24,28H,1,7,12-17,19H2/b25-18-. The zero-order chi connectivity index (χ0) is 19.6.